The molecule has 118 valence electrons. The number of carbonyl (C=O) groups is 1. The van der Waals surface area contributed by atoms with Crippen LogP contribution in [-0.4, -0.2) is 38.6 Å². The molecular weight excluding hydrogens is 262 g/mol. The predicted molar refractivity (Wildman–Crippen MR) is 89.7 cm³/mol. The zero-order valence-electron chi connectivity index (χ0n) is 14.0. The zero-order chi connectivity index (χ0) is 15.8. The van der Waals surface area contributed by atoms with Gasteiger partial charge in [-0.15, -0.1) is 0 Å². The van der Waals surface area contributed by atoms with Gasteiger partial charge in [-0.1, -0.05) is 26.0 Å². The van der Waals surface area contributed by atoms with Crippen molar-refractivity contribution in [1.82, 2.24) is 10.2 Å². The quantitative estimate of drug-likeness (QED) is 0.782. The number of rotatable bonds is 7. The van der Waals surface area contributed by atoms with E-state index in [0.717, 1.165) is 24.9 Å². The minimum Gasteiger partial charge on any atom is -0.378 e. The lowest BCUT2D eigenvalue weighted by Gasteiger charge is -2.19. The number of amides is 2. The molecule has 21 heavy (non-hydrogen) atoms. The Hall–Kier alpha value is -1.71. The summed E-state index contributed by atoms with van der Waals surface area (Å²) in [4.78, 5) is 15.8. The van der Waals surface area contributed by atoms with E-state index in [4.69, 9.17) is 0 Å². The number of hydrogen-bond acceptors (Lipinski definition) is 2. The summed E-state index contributed by atoms with van der Waals surface area (Å²) in [5.41, 5.74) is 2.31. The molecular formula is C17H29N3O. The van der Waals surface area contributed by atoms with Crippen molar-refractivity contribution in [2.24, 2.45) is 5.92 Å². The minimum atomic E-state index is -0.00422. The highest BCUT2D eigenvalue weighted by Gasteiger charge is 2.08. The molecule has 0 unspecified atom stereocenters. The predicted octanol–water partition coefficient (Wildman–Crippen LogP) is 3.33. The molecule has 0 spiro atoms. The second-order valence-corrected chi connectivity index (χ2v) is 6.18. The number of urea groups is 1. The van der Waals surface area contributed by atoms with Gasteiger partial charge in [-0.25, -0.2) is 4.79 Å². The summed E-state index contributed by atoms with van der Waals surface area (Å²) in [6.07, 6.45) is 2.19. The fraction of sp³-hybridized carbons (Fsp3) is 0.588. The van der Waals surface area contributed by atoms with Gasteiger partial charge >= 0.3 is 6.03 Å². The van der Waals surface area contributed by atoms with Crippen LogP contribution in [0.2, 0.25) is 0 Å². The molecule has 4 nitrogen and oxygen atoms in total. The van der Waals surface area contributed by atoms with Gasteiger partial charge < -0.3 is 15.1 Å². The van der Waals surface area contributed by atoms with E-state index >= 15 is 0 Å². The van der Waals surface area contributed by atoms with Crippen molar-refractivity contribution in [3.05, 3.63) is 29.8 Å². The van der Waals surface area contributed by atoms with Gasteiger partial charge in [-0.2, -0.15) is 0 Å². The van der Waals surface area contributed by atoms with Crippen molar-refractivity contribution in [3.8, 4) is 0 Å². The second kappa shape index (κ2) is 8.55. The van der Waals surface area contributed by atoms with Crippen LogP contribution >= 0.6 is 0 Å². The van der Waals surface area contributed by atoms with Gasteiger partial charge in [0.15, 0.2) is 0 Å². The number of nitrogens with zero attached hydrogens (tertiary/aromatic N) is 2. The highest BCUT2D eigenvalue weighted by molar-refractivity contribution is 5.73. The third kappa shape index (κ3) is 6.52. The van der Waals surface area contributed by atoms with E-state index < -0.39 is 0 Å². The molecule has 0 bridgehead atoms. The summed E-state index contributed by atoms with van der Waals surface area (Å²) in [5, 5.41) is 2.97. The molecule has 1 aromatic rings. The Labute approximate surface area is 129 Å². The first kappa shape index (κ1) is 17.3. The molecule has 0 radical (unpaired) electrons. The van der Waals surface area contributed by atoms with Gasteiger partial charge in [0.1, 0.15) is 0 Å². The van der Waals surface area contributed by atoms with Crippen molar-refractivity contribution in [2.45, 2.75) is 33.2 Å². The molecule has 1 aromatic carbocycles. The zero-order valence-corrected chi connectivity index (χ0v) is 14.0. The third-order valence-corrected chi connectivity index (χ3v) is 3.45. The Kier molecular flexibility index (Phi) is 7.06. The third-order valence-electron chi connectivity index (χ3n) is 3.45. The molecule has 0 aliphatic heterocycles. The van der Waals surface area contributed by atoms with Crippen molar-refractivity contribution in [3.63, 3.8) is 0 Å². The van der Waals surface area contributed by atoms with Crippen LogP contribution in [0, 0.1) is 5.92 Å². The maximum Gasteiger partial charge on any atom is 0.317 e. The molecule has 0 aromatic heterocycles. The molecule has 1 rings (SSSR count). The van der Waals surface area contributed by atoms with Crippen molar-refractivity contribution in [2.75, 3.05) is 32.6 Å². The van der Waals surface area contributed by atoms with Gasteiger partial charge in [0.2, 0.25) is 0 Å². The molecule has 0 aliphatic rings. The monoisotopic (exact) mass is 291 g/mol. The topological polar surface area (TPSA) is 35.6 Å². The first-order valence-corrected chi connectivity index (χ1v) is 7.65. The fourth-order valence-corrected chi connectivity index (χ4v) is 2.09. The summed E-state index contributed by atoms with van der Waals surface area (Å²) in [7, 11) is 5.87. The van der Waals surface area contributed by atoms with E-state index in [-0.39, 0.29) is 6.03 Å². The Morgan fingerprint density at radius 2 is 1.76 bits per heavy atom. The number of carbonyl (C=O) groups excluding carboxylic acids is 1. The molecule has 0 saturated heterocycles. The Morgan fingerprint density at radius 1 is 1.14 bits per heavy atom. The second-order valence-electron chi connectivity index (χ2n) is 6.18. The molecule has 0 atom stereocenters. The first-order valence-electron chi connectivity index (χ1n) is 7.65. The molecule has 0 fully saturated rings. The van der Waals surface area contributed by atoms with Gasteiger partial charge in [0.25, 0.3) is 0 Å². The van der Waals surface area contributed by atoms with Crippen LogP contribution in [0.25, 0.3) is 0 Å². The average molecular weight is 291 g/mol. The maximum atomic E-state index is 12.0. The molecule has 0 saturated carbocycles. The smallest absolute Gasteiger partial charge is 0.317 e. The van der Waals surface area contributed by atoms with Crippen molar-refractivity contribution in [1.29, 1.82) is 0 Å². The molecule has 0 aliphatic carbocycles. The maximum absolute atomic E-state index is 12.0. The van der Waals surface area contributed by atoms with Crippen LogP contribution < -0.4 is 10.2 Å². The fourth-order valence-electron chi connectivity index (χ4n) is 2.09. The Bertz CT molecular complexity index is 426. The molecule has 2 amide bonds. The lowest BCUT2D eigenvalue weighted by molar-refractivity contribution is 0.206. The van der Waals surface area contributed by atoms with E-state index in [1.165, 1.54) is 5.69 Å². The summed E-state index contributed by atoms with van der Waals surface area (Å²) in [6.45, 7) is 5.78. The summed E-state index contributed by atoms with van der Waals surface area (Å²) in [6, 6.07) is 8.28. The summed E-state index contributed by atoms with van der Waals surface area (Å²) in [5.74, 6) is 0.690. The van der Waals surface area contributed by atoms with E-state index in [9.17, 15) is 4.79 Å². The van der Waals surface area contributed by atoms with Gasteiger partial charge in [-0.3, -0.25) is 0 Å². The van der Waals surface area contributed by atoms with Crippen LogP contribution in [-0.2, 0) is 6.54 Å². The highest BCUT2D eigenvalue weighted by atomic mass is 16.2. The van der Waals surface area contributed by atoms with E-state index in [2.05, 4.69) is 48.3 Å². The van der Waals surface area contributed by atoms with E-state index in [1.807, 2.05) is 21.1 Å². The van der Waals surface area contributed by atoms with E-state index in [0.29, 0.717) is 12.5 Å². The molecule has 1 N–H and O–H groups in total. The van der Waals surface area contributed by atoms with Crippen LogP contribution in [0.1, 0.15) is 32.3 Å². The summed E-state index contributed by atoms with van der Waals surface area (Å²) >= 11 is 0. The van der Waals surface area contributed by atoms with E-state index in [1.54, 1.807) is 4.90 Å². The highest BCUT2D eigenvalue weighted by Crippen LogP contribution is 2.13. The number of hydrogen-bond donors (Lipinski definition) is 1. The first-order chi connectivity index (χ1) is 9.90. The van der Waals surface area contributed by atoms with Gasteiger partial charge in [-0.05, 0) is 36.5 Å². The lowest BCUT2D eigenvalue weighted by Crippen LogP contribution is -2.37. The number of nitrogens with one attached hydrogen (secondary N) is 1. The summed E-state index contributed by atoms with van der Waals surface area (Å²) < 4.78 is 0. The van der Waals surface area contributed by atoms with Crippen LogP contribution in [0.15, 0.2) is 24.3 Å². The largest absolute Gasteiger partial charge is 0.378 e. The van der Waals surface area contributed by atoms with Crippen LogP contribution in [0.3, 0.4) is 0 Å². The van der Waals surface area contributed by atoms with Crippen molar-refractivity contribution >= 4 is 11.7 Å². The molecule has 4 heteroatoms. The number of benzene rings is 1. The van der Waals surface area contributed by atoms with Crippen molar-refractivity contribution < 1.29 is 4.79 Å². The SMILES string of the molecule is CC(C)CCCNC(=O)N(C)Cc1ccc(N(C)C)cc1. The van der Waals surface area contributed by atoms with Crippen LogP contribution in [0.5, 0.6) is 0 Å². The average Bonchev–Trinajstić information content (AvgIpc) is 2.43. The number of anilines is 1. The lowest BCUT2D eigenvalue weighted by atomic mass is 10.1. The standard InChI is InChI=1S/C17H29N3O/c1-14(2)7-6-12-18-17(21)20(5)13-15-8-10-16(11-9-15)19(3)4/h8-11,14H,6-7,12-13H2,1-5H3,(H,18,21). The molecule has 0 heterocycles. The minimum absolute atomic E-state index is 0.00422. The van der Waals surface area contributed by atoms with Crippen LogP contribution in [0.4, 0.5) is 10.5 Å². The Balaban J connectivity index is 2.37. The van der Waals surface area contributed by atoms with Gasteiger partial charge in [0.05, 0.1) is 0 Å². The Morgan fingerprint density at radius 3 is 2.29 bits per heavy atom. The normalized spacial score (nSPS) is 10.6. The van der Waals surface area contributed by atoms with Gasteiger partial charge in [0, 0.05) is 39.9 Å².